The molecule has 0 heterocycles. The van der Waals surface area contributed by atoms with Gasteiger partial charge < -0.3 is 0 Å². The molecule has 0 unspecified atom stereocenters. The summed E-state index contributed by atoms with van der Waals surface area (Å²) in [6, 6.07) is 36.5. The summed E-state index contributed by atoms with van der Waals surface area (Å²) >= 11 is 0. The Hall–Kier alpha value is -4.11. The summed E-state index contributed by atoms with van der Waals surface area (Å²) in [4.78, 5) is 32.8. The Balaban J connectivity index is 0.000000581. The van der Waals surface area contributed by atoms with Crippen LogP contribution < -0.4 is 0 Å². The van der Waals surface area contributed by atoms with Crippen molar-refractivity contribution in [1.29, 1.82) is 0 Å². The van der Waals surface area contributed by atoms with Gasteiger partial charge in [-0.3, -0.25) is 14.4 Å². The standard InChI is InChI=1S/C10H8O2.2C9H10.C6H6.C5H8O.4C2H6/c11-9-5-6-10(12)8-4-2-1-3-7(8)9;2*1-2-5-9-7-3-6-8(9)4-1;1-2-4-6-5-3-1;6-5-3-1-2-4-5;4*1-2/h1-4H,5-6H2;2*1-2,4-5H,3,6-7H2;1-6H;1-4H2;4*1-2H3. The zero-order valence-electron chi connectivity index (χ0n) is 32.6. The molecule has 4 aromatic carbocycles. The van der Waals surface area contributed by atoms with Gasteiger partial charge in [0.05, 0.1) is 0 Å². The van der Waals surface area contributed by atoms with Crippen molar-refractivity contribution in [3.05, 3.63) is 143 Å². The van der Waals surface area contributed by atoms with Crippen LogP contribution in [-0.4, -0.2) is 17.3 Å². The van der Waals surface area contributed by atoms with Crippen LogP contribution in [0.5, 0.6) is 0 Å². The molecule has 4 aliphatic rings. The number of rotatable bonds is 0. The molecule has 8 rings (SSSR count). The third kappa shape index (κ3) is 18.0. The lowest BCUT2D eigenvalue weighted by atomic mass is 9.90. The van der Waals surface area contributed by atoms with Gasteiger partial charge in [0, 0.05) is 36.8 Å². The fourth-order valence-corrected chi connectivity index (χ4v) is 5.65. The second-order valence-corrected chi connectivity index (χ2v) is 11.0. The Bertz CT molecular complexity index is 1270. The first-order chi connectivity index (χ1) is 24.6. The van der Waals surface area contributed by atoms with Crippen LogP contribution in [0.1, 0.15) is 150 Å². The number of fused-ring (bicyclic) bond motifs is 3. The highest BCUT2D eigenvalue weighted by Crippen LogP contribution is 2.22. The maximum atomic E-state index is 11.3. The molecule has 0 spiro atoms. The predicted octanol–water partition coefficient (Wildman–Crippen LogP) is 13.1. The van der Waals surface area contributed by atoms with E-state index in [1.165, 1.54) is 38.5 Å². The number of hydrogen-bond donors (Lipinski definition) is 0. The van der Waals surface area contributed by atoms with Gasteiger partial charge in [0.2, 0.25) is 0 Å². The SMILES string of the molecule is CC.CC.CC.CC.O=C1CCC(=O)c2ccccc21.O=C1CCCC1.c1ccc2c(c1)CCC2.c1ccc2c(c1)CCC2.c1ccccc1. The summed E-state index contributed by atoms with van der Waals surface area (Å²) in [5, 5.41) is 0. The van der Waals surface area contributed by atoms with Gasteiger partial charge in [0.15, 0.2) is 11.6 Å². The molecule has 0 aliphatic heterocycles. The first-order valence-electron chi connectivity index (χ1n) is 19.4. The maximum Gasteiger partial charge on any atom is 0.164 e. The molecule has 3 nitrogen and oxygen atoms in total. The molecule has 4 aliphatic carbocycles. The van der Waals surface area contributed by atoms with E-state index in [0.717, 1.165) is 25.7 Å². The van der Waals surface area contributed by atoms with Gasteiger partial charge in [-0.25, -0.2) is 0 Å². The van der Waals surface area contributed by atoms with Crippen molar-refractivity contribution in [2.45, 2.75) is 132 Å². The average Bonchev–Trinajstić information content (AvgIpc) is 4.01. The van der Waals surface area contributed by atoms with Crippen LogP contribution in [0.15, 0.2) is 109 Å². The molecule has 4 aromatic rings. The van der Waals surface area contributed by atoms with E-state index in [-0.39, 0.29) is 11.6 Å². The zero-order valence-corrected chi connectivity index (χ0v) is 32.6. The summed E-state index contributed by atoms with van der Waals surface area (Å²) in [6.45, 7) is 16.0. The van der Waals surface area contributed by atoms with Crippen molar-refractivity contribution in [3.63, 3.8) is 0 Å². The minimum absolute atomic E-state index is 0.0881. The van der Waals surface area contributed by atoms with E-state index in [2.05, 4.69) is 48.5 Å². The second kappa shape index (κ2) is 30.9. The van der Waals surface area contributed by atoms with Crippen LogP contribution in [-0.2, 0) is 30.5 Å². The Morgan fingerprint density at radius 1 is 0.300 bits per heavy atom. The number of aryl methyl sites for hydroxylation is 4. The highest BCUT2D eigenvalue weighted by molar-refractivity contribution is 6.13. The lowest BCUT2D eigenvalue weighted by Crippen LogP contribution is -2.16. The molecule has 0 aromatic heterocycles. The molecule has 0 amide bonds. The molecular weight excluding hydrogens is 613 g/mol. The third-order valence-electron chi connectivity index (χ3n) is 7.96. The lowest BCUT2D eigenvalue weighted by Gasteiger charge is -2.11. The van der Waals surface area contributed by atoms with Gasteiger partial charge in [-0.15, -0.1) is 0 Å². The Kier molecular flexibility index (Phi) is 28.4. The van der Waals surface area contributed by atoms with Crippen LogP contribution in [0.2, 0.25) is 0 Å². The largest absolute Gasteiger partial charge is 0.300 e. The van der Waals surface area contributed by atoms with Crippen LogP contribution in [0, 0.1) is 0 Å². The van der Waals surface area contributed by atoms with E-state index >= 15 is 0 Å². The molecule has 1 saturated carbocycles. The van der Waals surface area contributed by atoms with Crippen molar-refractivity contribution in [3.8, 4) is 0 Å². The van der Waals surface area contributed by atoms with E-state index in [1.54, 1.807) is 46.5 Å². The first-order valence-corrected chi connectivity index (χ1v) is 19.4. The van der Waals surface area contributed by atoms with Crippen molar-refractivity contribution in [2.24, 2.45) is 0 Å². The molecule has 0 saturated heterocycles. The van der Waals surface area contributed by atoms with Crippen LogP contribution in [0.25, 0.3) is 0 Å². The molecule has 0 radical (unpaired) electrons. The highest BCUT2D eigenvalue weighted by atomic mass is 16.1. The van der Waals surface area contributed by atoms with Gasteiger partial charge in [-0.2, -0.15) is 0 Å². The van der Waals surface area contributed by atoms with E-state index in [1.807, 2.05) is 91.8 Å². The van der Waals surface area contributed by atoms with Crippen molar-refractivity contribution < 1.29 is 14.4 Å². The van der Waals surface area contributed by atoms with E-state index in [0.29, 0.717) is 29.8 Å². The molecule has 1 fully saturated rings. The van der Waals surface area contributed by atoms with Crippen LogP contribution >= 0.6 is 0 Å². The normalized spacial score (nSPS) is 13.6. The summed E-state index contributed by atoms with van der Waals surface area (Å²) < 4.78 is 0. The number of hydrogen-bond acceptors (Lipinski definition) is 3. The van der Waals surface area contributed by atoms with Crippen molar-refractivity contribution in [1.82, 2.24) is 0 Å². The van der Waals surface area contributed by atoms with Gasteiger partial charge in [-0.1, -0.05) is 165 Å². The molecule has 3 heteroatoms. The first kappa shape index (κ1) is 45.9. The van der Waals surface area contributed by atoms with E-state index in [9.17, 15) is 14.4 Å². The fraction of sp³-hybridized carbons (Fsp3) is 0.426. The molecule has 272 valence electrons. The lowest BCUT2D eigenvalue weighted by molar-refractivity contribution is -0.117. The molecule has 0 N–H and O–H groups in total. The molecule has 50 heavy (non-hydrogen) atoms. The second-order valence-electron chi connectivity index (χ2n) is 11.0. The summed E-state index contributed by atoms with van der Waals surface area (Å²) in [5.74, 6) is 0.630. The summed E-state index contributed by atoms with van der Waals surface area (Å²) in [5.41, 5.74) is 7.45. The summed E-state index contributed by atoms with van der Waals surface area (Å²) in [7, 11) is 0. The van der Waals surface area contributed by atoms with Crippen molar-refractivity contribution in [2.75, 3.05) is 0 Å². The quantitative estimate of drug-likeness (QED) is 0.186. The van der Waals surface area contributed by atoms with Gasteiger partial charge >= 0.3 is 0 Å². The smallest absolute Gasteiger partial charge is 0.164 e. The van der Waals surface area contributed by atoms with Crippen LogP contribution in [0.4, 0.5) is 0 Å². The van der Waals surface area contributed by atoms with E-state index in [4.69, 9.17) is 0 Å². The fourth-order valence-electron chi connectivity index (χ4n) is 5.65. The average molecular weight is 679 g/mol. The predicted molar refractivity (Wildman–Crippen MR) is 217 cm³/mol. The zero-order chi connectivity index (χ0) is 37.4. The minimum atomic E-state index is 0.0881. The molecular formula is C47H66O3. The highest BCUT2D eigenvalue weighted by Gasteiger charge is 2.22. The molecule has 0 bridgehead atoms. The number of carbonyl (C=O) groups is 3. The monoisotopic (exact) mass is 679 g/mol. The molecule has 0 atom stereocenters. The minimum Gasteiger partial charge on any atom is -0.300 e. The Morgan fingerprint density at radius 2 is 0.560 bits per heavy atom. The number of ketones is 3. The maximum absolute atomic E-state index is 11.3. The number of Topliss-reactive ketones (excluding diaryl/α,β-unsaturated/α-hetero) is 3. The Morgan fingerprint density at radius 3 is 0.800 bits per heavy atom. The van der Waals surface area contributed by atoms with Crippen LogP contribution in [0.3, 0.4) is 0 Å². The summed E-state index contributed by atoms with van der Waals surface area (Å²) in [6.07, 6.45) is 12.6. The van der Waals surface area contributed by atoms with Gasteiger partial charge in [-0.05, 0) is 73.6 Å². The third-order valence-corrected chi connectivity index (χ3v) is 7.96. The van der Waals surface area contributed by atoms with Crippen molar-refractivity contribution >= 4 is 17.3 Å². The van der Waals surface area contributed by atoms with Gasteiger partial charge in [0.1, 0.15) is 5.78 Å². The topological polar surface area (TPSA) is 51.2 Å². The Labute approximate surface area is 306 Å². The van der Waals surface area contributed by atoms with E-state index < -0.39 is 0 Å². The number of carbonyl (C=O) groups excluding carboxylic acids is 3. The number of benzene rings is 4. The van der Waals surface area contributed by atoms with Gasteiger partial charge in [0.25, 0.3) is 0 Å².